The van der Waals surface area contributed by atoms with Gasteiger partial charge in [0, 0.05) is 24.6 Å². The predicted molar refractivity (Wildman–Crippen MR) is 59.5 cm³/mol. The largest absolute Gasteiger partial charge is 0.298 e. The summed E-state index contributed by atoms with van der Waals surface area (Å²) in [6.45, 7) is 2.72. The van der Waals surface area contributed by atoms with Gasteiger partial charge >= 0.3 is 0 Å². The van der Waals surface area contributed by atoms with E-state index in [1.165, 1.54) is 5.56 Å². The molecule has 2 fully saturated rings. The van der Waals surface area contributed by atoms with E-state index in [1.807, 2.05) is 18.2 Å². The summed E-state index contributed by atoms with van der Waals surface area (Å²) >= 11 is 0. The summed E-state index contributed by atoms with van der Waals surface area (Å²) in [5.74, 6) is 0.637. The fourth-order valence-corrected chi connectivity index (χ4v) is 2.87. The molecule has 2 unspecified atom stereocenters. The van der Waals surface area contributed by atoms with Crippen LogP contribution < -0.4 is 0 Å². The van der Waals surface area contributed by atoms with Crippen LogP contribution in [0, 0.1) is 22.0 Å². The second kappa shape index (κ2) is 3.56. The summed E-state index contributed by atoms with van der Waals surface area (Å²) in [7, 11) is 0. The van der Waals surface area contributed by atoms with Crippen molar-refractivity contribution in [2.75, 3.05) is 13.1 Å². The van der Waals surface area contributed by atoms with Crippen LogP contribution in [0.15, 0.2) is 30.3 Å². The number of nitro groups is 1. The van der Waals surface area contributed by atoms with E-state index in [0.717, 1.165) is 19.6 Å². The summed E-state index contributed by atoms with van der Waals surface area (Å²) in [5, 5.41) is 10.6. The number of piperidine rings is 1. The average Bonchev–Trinajstić information content (AvgIpc) is 2.79. The van der Waals surface area contributed by atoms with E-state index in [4.69, 9.17) is 0 Å². The molecule has 0 amide bonds. The van der Waals surface area contributed by atoms with Gasteiger partial charge in [0.1, 0.15) is 0 Å². The van der Waals surface area contributed by atoms with Gasteiger partial charge in [0.15, 0.2) is 0 Å². The Hall–Kier alpha value is -1.42. The number of benzene rings is 1. The molecule has 1 saturated heterocycles. The van der Waals surface area contributed by atoms with Crippen molar-refractivity contribution >= 4 is 0 Å². The first kappa shape index (κ1) is 9.78. The molecule has 0 N–H and O–H groups in total. The Labute approximate surface area is 94.0 Å². The number of fused-ring (bicyclic) bond motifs is 1. The minimum absolute atomic E-state index is 0.102. The molecule has 1 aliphatic carbocycles. The zero-order valence-corrected chi connectivity index (χ0v) is 8.95. The van der Waals surface area contributed by atoms with E-state index in [1.54, 1.807) is 0 Å². The molecule has 0 spiro atoms. The average molecular weight is 218 g/mol. The van der Waals surface area contributed by atoms with Crippen molar-refractivity contribution in [3.05, 3.63) is 46.0 Å². The lowest BCUT2D eigenvalue weighted by molar-refractivity contribution is -0.502. The van der Waals surface area contributed by atoms with Crippen molar-refractivity contribution in [2.24, 2.45) is 11.8 Å². The van der Waals surface area contributed by atoms with E-state index in [2.05, 4.69) is 17.0 Å². The van der Waals surface area contributed by atoms with Crippen LogP contribution in [0.4, 0.5) is 0 Å². The summed E-state index contributed by atoms with van der Waals surface area (Å²) < 4.78 is 0. The molecule has 0 radical (unpaired) electrons. The molecule has 4 heteroatoms. The molecule has 2 atom stereocenters. The Morgan fingerprint density at radius 1 is 1.25 bits per heavy atom. The van der Waals surface area contributed by atoms with Crippen LogP contribution >= 0.6 is 0 Å². The molecule has 1 aliphatic heterocycles. The van der Waals surface area contributed by atoms with Crippen LogP contribution in [0.25, 0.3) is 0 Å². The minimum Gasteiger partial charge on any atom is -0.298 e. The van der Waals surface area contributed by atoms with Gasteiger partial charge in [-0.3, -0.25) is 15.0 Å². The van der Waals surface area contributed by atoms with Crippen LogP contribution in [0.1, 0.15) is 5.56 Å². The second-order valence-electron chi connectivity index (χ2n) is 4.78. The third-order valence-electron chi connectivity index (χ3n) is 3.72. The lowest BCUT2D eigenvalue weighted by Crippen LogP contribution is -2.27. The lowest BCUT2D eigenvalue weighted by atomic mass is 10.2. The highest BCUT2D eigenvalue weighted by Gasteiger charge is 2.64. The van der Waals surface area contributed by atoms with Crippen molar-refractivity contribution < 1.29 is 4.92 Å². The van der Waals surface area contributed by atoms with Gasteiger partial charge in [-0.25, -0.2) is 0 Å². The highest BCUT2D eigenvalue weighted by atomic mass is 16.6. The highest BCUT2D eigenvalue weighted by molar-refractivity contribution is 5.16. The van der Waals surface area contributed by atoms with Crippen molar-refractivity contribution in [3.63, 3.8) is 0 Å². The van der Waals surface area contributed by atoms with Gasteiger partial charge < -0.3 is 0 Å². The molecule has 4 nitrogen and oxygen atoms in total. The van der Waals surface area contributed by atoms with Crippen molar-refractivity contribution in [2.45, 2.75) is 12.6 Å². The SMILES string of the molecule is O=[N+]([O-])C1C2CN(Cc3ccccc3)CC21. The molecule has 1 aromatic carbocycles. The number of hydrogen-bond acceptors (Lipinski definition) is 3. The van der Waals surface area contributed by atoms with Gasteiger partial charge in [-0.1, -0.05) is 30.3 Å². The minimum atomic E-state index is -0.243. The molecule has 1 heterocycles. The first-order valence-electron chi connectivity index (χ1n) is 5.65. The van der Waals surface area contributed by atoms with Crippen LogP contribution in [0.2, 0.25) is 0 Å². The monoisotopic (exact) mass is 218 g/mol. The van der Waals surface area contributed by atoms with Gasteiger partial charge in [-0.2, -0.15) is 0 Å². The standard InChI is InChI=1S/C12H14N2O2/c15-14(16)12-10-7-13(8-11(10)12)6-9-4-2-1-3-5-9/h1-5,10-12H,6-8H2. The maximum Gasteiger partial charge on any atom is 0.222 e. The smallest absolute Gasteiger partial charge is 0.222 e. The molecule has 0 bridgehead atoms. The summed E-state index contributed by atoms with van der Waals surface area (Å²) in [5.41, 5.74) is 1.29. The van der Waals surface area contributed by atoms with Gasteiger partial charge in [-0.05, 0) is 5.56 Å². The Kier molecular flexibility index (Phi) is 2.17. The van der Waals surface area contributed by atoms with Crippen molar-refractivity contribution in [1.29, 1.82) is 0 Å². The summed E-state index contributed by atoms with van der Waals surface area (Å²) in [6.07, 6.45) is 0. The van der Waals surface area contributed by atoms with E-state index in [-0.39, 0.29) is 11.0 Å². The Bertz CT molecular complexity index is 395. The van der Waals surface area contributed by atoms with Crippen molar-refractivity contribution in [3.8, 4) is 0 Å². The van der Waals surface area contributed by atoms with Gasteiger partial charge in [0.05, 0.1) is 11.8 Å². The Balaban J connectivity index is 1.57. The van der Waals surface area contributed by atoms with Crippen LogP contribution in [0.3, 0.4) is 0 Å². The molecule has 1 saturated carbocycles. The summed E-state index contributed by atoms with van der Waals surface area (Å²) in [4.78, 5) is 12.8. The molecule has 1 aromatic rings. The van der Waals surface area contributed by atoms with E-state index >= 15 is 0 Å². The van der Waals surface area contributed by atoms with E-state index in [0.29, 0.717) is 11.8 Å². The maximum atomic E-state index is 10.6. The zero-order valence-electron chi connectivity index (χ0n) is 8.95. The Morgan fingerprint density at radius 2 is 1.88 bits per heavy atom. The zero-order chi connectivity index (χ0) is 11.1. The lowest BCUT2D eigenvalue weighted by Gasteiger charge is -2.17. The topological polar surface area (TPSA) is 46.4 Å². The van der Waals surface area contributed by atoms with Crippen LogP contribution in [0.5, 0.6) is 0 Å². The number of hydrogen-bond donors (Lipinski definition) is 0. The molecule has 2 aliphatic rings. The van der Waals surface area contributed by atoms with Gasteiger partial charge in [-0.15, -0.1) is 0 Å². The highest BCUT2D eigenvalue weighted by Crippen LogP contribution is 2.47. The Morgan fingerprint density at radius 3 is 2.44 bits per heavy atom. The van der Waals surface area contributed by atoms with Crippen molar-refractivity contribution in [1.82, 2.24) is 4.90 Å². The van der Waals surface area contributed by atoms with E-state index < -0.39 is 0 Å². The second-order valence-corrected chi connectivity index (χ2v) is 4.78. The fourth-order valence-electron chi connectivity index (χ4n) is 2.87. The molecule has 16 heavy (non-hydrogen) atoms. The number of rotatable bonds is 3. The first-order valence-corrected chi connectivity index (χ1v) is 5.65. The maximum absolute atomic E-state index is 10.6. The third-order valence-corrected chi connectivity index (χ3v) is 3.72. The third kappa shape index (κ3) is 1.59. The predicted octanol–water partition coefficient (Wildman–Crippen LogP) is 1.39. The van der Waals surface area contributed by atoms with E-state index in [9.17, 15) is 10.1 Å². The van der Waals surface area contributed by atoms with Gasteiger partial charge in [0.2, 0.25) is 6.04 Å². The normalized spacial score (nSPS) is 32.4. The van der Waals surface area contributed by atoms with Crippen LogP contribution in [-0.4, -0.2) is 29.0 Å². The number of nitrogens with zero attached hydrogens (tertiary/aromatic N) is 2. The summed E-state index contributed by atoms with van der Waals surface area (Å²) in [6, 6.07) is 10.0. The molecule has 0 aromatic heterocycles. The van der Waals surface area contributed by atoms with Gasteiger partial charge in [0.25, 0.3) is 0 Å². The molecule has 3 rings (SSSR count). The van der Waals surface area contributed by atoms with Crippen LogP contribution in [-0.2, 0) is 6.54 Å². The number of likely N-dealkylation sites (tertiary alicyclic amines) is 1. The quantitative estimate of drug-likeness (QED) is 0.569. The molecular weight excluding hydrogens is 204 g/mol. The fraction of sp³-hybridized carbons (Fsp3) is 0.500. The first-order chi connectivity index (χ1) is 7.75. The molecular formula is C12H14N2O2. The molecule has 84 valence electrons.